The van der Waals surface area contributed by atoms with Gasteiger partial charge in [-0.1, -0.05) is 17.7 Å². The third kappa shape index (κ3) is 1.47. The first-order valence-corrected chi connectivity index (χ1v) is 3.02. The maximum Gasteiger partial charge on any atom is 0.114 e. The van der Waals surface area contributed by atoms with Gasteiger partial charge in [0.05, 0.1) is 11.1 Å². The Morgan fingerprint density at radius 1 is 1.67 bits per heavy atom. The minimum atomic E-state index is -0.576. The Morgan fingerprint density at radius 3 is 2.78 bits per heavy atom. The lowest BCUT2D eigenvalue weighted by atomic mass is 10.1. The molecule has 2 N–H and O–H groups in total. The summed E-state index contributed by atoms with van der Waals surface area (Å²) >= 11 is 5.46. The molecule has 0 aliphatic heterocycles. The maximum atomic E-state index is 8.88. The number of aliphatic hydroxyl groups excluding tert-OH is 2. The fraction of sp³-hybridized carbons (Fsp3) is 0.333. The molecule has 0 aromatic carbocycles. The molecule has 1 unspecified atom stereocenters. The van der Waals surface area contributed by atoms with E-state index in [1.807, 2.05) is 0 Å². The minimum absolute atomic E-state index is 0.0617. The summed E-state index contributed by atoms with van der Waals surface area (Å²) in [5.74, 6) is 0.0617. The number of hydrogen-bond acceptors (Lipinski definition) is 2. The van der Waals surface area contributed by atoms with Gasteiger partial charge in [0, 0.05) is 6.42 Å². The fourth-order valence-electron chi connectivity index (χ4n) is 0.655. The van der Waals surface area contributed by atoms with Crippen molar-refractivity contribution < 1.29 is 10.2 Å². The van der Waals surface area contributed by atoms with E-state index in [4.69, 9.17) is 21.8 Å². The van der Waals surface area contributed by atoms with Crippen molar-refractivity contribution in [3.05, 3.63) is 22.9 Å². The molecule has 1 atom stereocenters. The third-order valence-electron chi connectivity index (χ3n) is 1.14. The molecule has 0 radical (unpaired) electrons. The molecule has 0 amide bonds. The van der Waals surface area contributed by atoms with E-state index in [2.05, 4.69) is 0 Å². The van der Waals surface area contributed by atoms with Gasteiger partial charge >= 0.3 is 0 Å². The zero-order valence-electron chi connectivity index (χ0n) is 4.71. The lowest BCUT2D eigenvalue weighted by Gasteiger charge is -2.09. The van der Waals surface area contributed by atoms with E-state index < -0.39 is 6.10 Å². The maximum absolute atomic E-state index is 8.88. The van der Waals surface area contributed by atoms with Gasteiger partial charge < -0.3 is 10.2 Å². The van der Waals surface area contributed by atoms with Gasteiger partial charge in [0.1, 0.15) is 5.76 Å². The summed E-state index contributed by atoms with van der Waals surface area (Å²) in [6, 6.07) is 0. The van der Waals surface area contributed by atoms with Crippen LogP contribution in [-0.2, 0) is 0 Å². The van der Waals surface area contributed by atoms with Crippen LogP contribution in [0.3, 0.4) is 0 Å². The zero-order valence-corrected chi connectivity index (χ0v) is 5.47. The van der Waals surface area contributed by atoms with Crippen molar-refractivity contribution in [1.82, 2.24) is 0 Å². The highest BCUT2D eigenvalue weighted by Gasteiger charge is 2.10. The molecule has 3 heteroatoms. The molecule has 2 nitrogen and oxygen atoms in total. The molecule has 9 heavy (non-hydrogen) atoms. The summed E-state index contributed by atoms with van der Waals surface area (Å²) in [7, 11) is 0. The summed E-state index contributed by atoms with van der Waals surface area (Å²) in [4.78, 5) is 0. The molecule has 1 rings (SSSR count). The van der Waals surface area contributed by atoms with Gasteiger partial charge in [-0.25, -0.2) is 0 Å². The average Bonchev–Trinajstić information content (AvgIpc) is 1.80. The van der Waals surface area contributed by atoms with Crippen LogP contribution in [-0.4, -0.2) is 16.3 Å². The van der Waals surface area contributed by atoms with Crippen molar-refractivity contribution in [3.8, 4) is 0 Å². The third-order valence-corrected chi connectivity index (χ3v) is 1.49. The number of rotatable bonds is 0. The predicted molar refractivity (Wildman–Crippen MR) is 35.3 cm³/mol. The Hall–Kier alpha value is -0.470. The van der Waals surface area contributed by atoms with Gasteiger partial charge in [-0.15, -0.1) is 0 Å². The minimum Gasteiger partial charge on any atom is -0.511 e. The summed E-state index contributed by atoms with van der Waals surface area (Å²) in [5.41, 5.74) is 0. The molecular formula is C6H7ClO2. The SMILES string of the molecule is OC1=C(Cl)C=CC(O)C1. The number of halogens is 1. The van der Waals surface area contributed by atoms with Crippen LogP contribution in [0.25, 0.3) is 0 Å². The fourth-order valence-corrected chi connectivity index (χ4v) is 0.805. The largest absolute Gasteiger partial charge is 0.511 e. The van der Waals surface area contributed by atoms with Crippen LogP contribution in [0, 0.1) is 0 Å². The van der Waals surface area contributed by atoms with Gasteiger partial charge in [0.25, 0.3) is 0 Å². The van der Waals surface area contributed by atoms with Crippen LogP contribution in [0.2, 0.25) is 0 Å². The van der Waals surface area contributed by atoms with Crippen LogP contribution in [0.4, 0.5) is 0 Å². The second kappa shape index (κ2) is 2.42. The first kappa shape index (κ1) is 6.65. The van der Waals surface area contributed by atoms with Crippen molar-refractivity contribution in [1.29, 1.82) is 0 Å². The summed E-state index contributed by atoms with van der Waals surface area (Å²) < 4.78 is 0. The molecule has 1 aliphatic carbocycles. The Labute approximate surface area is 58.1 Å². The van der Waals surface area contributed by atoms with Crippen molar-refractivity contribution >= 4 is 11.6 Å². The Bertz CT molecular complexity index is 172. The van der Waals surface area contributed by atoms with Crippen LogP contribution in [0.5, 0.6) is 0 Å². The van der Waals surface area contributed by atoms with Crippen LogP contribution >= 0.6 is 11.6 Å². The van der Waals surface area contributed by atoms with E-state index in [0.717, 1.165) is 0 Å². The second-order valence-corrected chi connectivity index (χ2v) is 2.33. The molecule has 0 aromatic heterocycles. The molecular weight excluding hydrogens is 140 g/mol. The van der Waals surface area contributed by atoms with Crippen LogP contribution < -0.4 is 0 Å². The molecule has 0 fully saturated rings. The lowest BCUT2D eigenvalue weighted by Crippen LogP contribution is -2.07. The Kier molecular flexibility index (Phi) is 1.78. The normalized spacial score (nSPS) is 27.1. The van der Waals surface area contributed by atoms with E-state index in [1.165, 1.54) is 6.08 Å². The van der Waals surface area contributed by atoms with Gasteiger partial charge in [0.15, 0.2) is 0 Å². The molecule has 50 valence electrons. The predicted octanol–water partition coefficient (Wildman–Crippen LogP) is 1.32. The smallest absolute Gasteiger partial charge is 0.114 e. The Morgan fingerprint density at radius 2 is 2.33 bits per heavy atom. The topological polar surface area (TPSA) is 40.5 Å². The summed E-state index contributed by atoms with van der Waals surface area (Å²) in [6.45, 7) is 0. The Balaban J connectivity index is 2.75. The molecule has 0 spiro atoms. The van der Waals surface area contributed by atoms with Gasteiger partial charge in [0.2, 0.25) is 0 Å². The van der Waals surface area contributed by atoms with E-state index >= 15 is 0 Å². The first-order valence-electron chi connectivity index (χ1n) is 2.64. The van der Waals surface area contributed by atoms with Gasteiger partial charge in [-0.3, -0.25) is 0 Å². The van der Waals surface area contributed by atoms with Crippen LogP contribution in [0.15, 0.2) is 22.9 Å². The van der Waals surface area contributed by atoms with Crippen molar-refractivity contribution in [3.63, 3.8) is 0 Å². The summed E-state index contributed by atoms with van der Waals surface area (Å²) in [6.07, 6.45) is 2.69. The highest BCUT2D eigenvalue weighted by molar-refractivity contribution is 6.31. The van der Waals surface area contributed by atoms with Gasteiger partial charge in [-0.05, 0) is 6.08 Å². The van der Waals surface area contributed by atoms with Gasteiger partial charge in [-0.2, -0.15) is 0 Å². The molecule has 0 aromatic rings. The van der Waals surface area contributed by atoms with E-state index in [9.17, 15) is 0 Å². The first-order chi connectivity index (χ1) is 4.20. The molecule has 0 saturated heterocycles. The molecule has 1 aliphatic rings. The van der Waals surface area contributed by atoms with Crippen molar-refractivity contribution in [2.75, 3.05) is 0 Å². The highest BCUT2D eigenvalue weighted by atomic mass is 35.5. The van der Waals surface area contributed by atoms with Crippen LogP contribution in [0.1, 0.15) is 6.42 Å². The highest BCUT2D eigenvalue weighted by Crippen LogP contribution is 2.19. The zero-order chi connectivity index (χ0) is 6.85. The average molecular weight is 147 g/mol. The lowest BCUT2D eigenvalue weighted by molar-refractivity contribution is 0.199. The van der Waals surface area contributed by atoms with Crippen molar-refractivity contribution in [2.24, 2.45) is 0 Å². The standard InChI is InChI=1S/C6H7ClO2/c7-5-2-1-4(8)3-6(5)9/h1-2,4,8-9H,3H2. The molecule has 0 saturated carbocycles. The van der Waals surface area contributed by atoms with E-state index in [0.29, 0.717) is 5.03 Å². The summed E-state index contributed by atoms with van der Waals surface area (Å²) in [5, 5.41) is 18.1. The monoisotopic (exact) mass is 146 g/mol. The quantitative estimate of drug-likeness (QED) is 0.541. The number of hydrogen-bond donors (Lipinski definition) is 2. The number of aliphatic hydroxyl groups is 2. The van der Waals surface area contributed by atoms with E-state index in [1.54, 1.807) is 6.08 Å². The van der Waals surface area contributed by atoms with Crippen molar-refractivity contribution in [2.45, 2.75) is 12.5 Å². The van der Waals surface area contributed by atoms with E-state index in [-0.39, 0.29) is 12.2 Å². The molecule has 0 heterocycles. The molecule has 0 bridgehead atoms. The second-order valence-electron chi connectivity index (χ2n) is 1.93. The number of allylic oxidation sites excluding steroid dienone is 2.